The normalized spacial score (nSPS) is 10.5. The maximum Gasteiger partial charge on any atom is 0.319 e. The molecule has 0 spiro atoms. The number of hydrogen-bond acceptors (Lipinski definition) is 2. The van der Waals surface area contributed by atoms with Gasteiger partial charge in [-0.3, -0.25) is 0 Å². The third-order valence-corrected chi connectivity index (χ3v) is 3.56. The van der Waals surface area contributed by atoms with Gasteiger partial charge in [0, 0.05) is 17.1 Å². The van der Waals surface area contributed by atoms with Crippen LogP contribution >= 0.6 is 11.8 Å². The van der Waals surface area contributed by atoms with Gasteiger partial charge in [-0.1, -0.05) is 47.7 Å². The summed E-state index contributed by atoms with van der Waals surface area (Å²) in [6, 6.07) is 13.8. The predicted molar refractivity (Wildman–Crippen MR) is 85.3 cm³/mol. The molecule has 2 N–H and O–H groups in total. The Kier molecular flexibility index (Phi) is 5.77. The number of amides is 2. The molecule has 6 heteroatoms. The van der Waals surface area contributed by atoms with Crippen molar-refractivity contribution in [2.45, 2.75) is 24.1 Å². The minimum Gasteiger partial charge on any atom is -0.334 e. The minimum atomic E-state index is -2.48. The van der Waals surface area contributed by atoms with Gasteiger partial charge in [0.05, 0.1) is 0 Å². The first kappa shape index (κ1) is 16.3. The van der Waals surface area contributed by atoms with Gasteiger partial charge in [0.15, 0.2) is 0 Å². The molecule has 0 aliphatic rings. The van der Waals surface area contributed by atoms with Crippen LogP contribution < -0.4 is 10.6 Å². The van der Waals surface area contributed by atoms with Gasteiger partial charge < -0.3 is 10.6 Å². The maximum atomic E-state index is 12.3. The molecule has 0 aliphatic heterocycles. The van der Waals surface area contributed by atoms with Crippen LogP contribution in [-0.4, -0.2) is 11.8 Å². The van der Waals surface area contributed by atoms with E-state index >= 15 is 0 Å². The second-order valence-electron chi connectivity index (χ2n) is 4.70. The maximum absolute atomic E-state index is 12.3. The Morgan fingerprint density at radius 1 is 1.18 bits per heavy atom. The lowest BCUT2D eigenvalue weighted by Gasteiger charge is -2.09. The third kappa shape index (κ3) is 5.37. The number of aryl methyl sites for hydroxylation is 1. The molecule has 0 saturated heterocycles. The first-order chi connectivity index (χ1) is 10.5. The molecular formula is C16H16F2N2OS. The van der Waals surface area contributed by atoms with Crippen LogP contribution in [0.5, 0.6) is 0 Å². The Labute approximate surface area is 132 Å². The van der Waals surface area contributed by atoms with Gasteiger partial charge in [0.2, 0.25) is 0 Å². The molecule has 0 bridgehead atoms. The molecule has 0 aromatic heterocycles. The number of thioether (sulfide) groups is 1. The summed E-state index contributed by atoms with van der Waals surface area (Å²) in [7, 11) is 0. The number of urea groups is 1. The van der Waals surface area contributed by atoms with Gasteiger partial charge in [0.25, 0.3) is 5.76 Å². The Hall–Kier alpha value is -2.08. The quantitative estimate of drug-likeness (QED) is 0.788. The van der Waals surface area contributed by atoms with E-state index in [4.69, 9.17) is 0 Å². The SMILES string of the molecule is Cc1cccc(CNC(=O)Nc2cccc(SC(F)F)c2)c1. The molecule has 0 heterocycles. The molecule has 2 rings (SSSR count). The summed E-state index contributed by atoms with van der Waals surface area (Å²) in [5, 5.41) is 5.36. The van der Waals surface area contributed by atoms with Gasteiger partial charge >= 0.3 is 6.03 Å². The fourth-order valence-electron chi connectivity index (χ4n) is 1.93. The molecule has 0 fully saturated rings. The summed E-state index contributed by atoms with van der Waals surface area (Å²) in [5.74, 6) is -2.48. The molecule has 3 nitrogen and oxygen atoms in total. The molecule has 0 saturated carbocycles. The summed E-state index contributed by atoms with van der Waals surface area (Å²) in [4.78, 5) is 12.2. The van der Waals surface area contributed by atoms with E-state index in [1.165, 1.54) is 6.07 Å². The number of carbonyl (C=O) groups is 1. The fraction of sp³-hybridized carbons (Fsp3) is 0.188. The van der Waals surface area contributed by atoms with Crippen LogP contribution in [-0.2, 0) is 6.54 Å². The third-order valence-electron chi connectivity index (χ3n) is 2.85. The van der Waals surface area contributed by atoms with Gasteiger partial charge in [0.1, 0.15) is 0 Å². The van der Waals surface area contributed by atoms with E-state index in [-0.39, 0.29) is 6.03 Å². The molecule has 116 valence electrons. The van der Waals surface area contributed by atoms with Crippen LogP contribution in [0.2, 0.25) is 0 Å². The number of nitrogens with one attached hydrogen (secondary N) is 2. The average molecular weight is 322 g/mol. The first-order valence-electron chi connectivity index (χ1n) is 6.68. The highest BCUT2D eigenvalue weighted by molar-refractivity contribution is 7.99. The minimum absolute atomic E-state index is 0.374. The van der Waals surface area contributed by atoms with E-state index in [0.717, 1.165) is 11.1 Å². The van der Waals surface area contributed by atoms with E-state index < -0.39 is 5.76 Å². The highest BCUT2D eigenvalue weighted by atomic mass is 32.2. The molecule has 0 unspecified atom stereocenters. The number of benzene rings is 2. The van der Waals surface area contributed by atoms with Gasteiger partial charge in [-0.05, 0) is 30.7 Å². The molecule has 2 aromatic carbocycles. The lowest BCUT2D eigenvalue weighted by atomic mass is 10.1. The smallest absolute Gasteiger partial charge is 0.319 e. The zero-order chi connectivity index (χ0) is 15.9. The van der Waals surface area contributed by atoms with Crippen molar-refractivity contribution in [2.24, 2.45) is 0 Å². The average Bonchev–Trinajstić information content (AvgIpc) is 2.45. The lowest BCUT2D eigenvalue weighted by molar-refractivity contribution is 0.251. The zero-order valence-electron chi connectivity index (χ0n) is 12.0. The van der Waals surface area contributed by atoms with Gasteiger partial charge in [-0.15, -0.1) is 0 Å². The Morgan fingerprint density at radius 2 is 1.95 bits per heavy atom. The van der Waals surface area contributed by atoms with Crippen molar-refractivity contribution in [1.29, 1.82) is 0 Å². The summed E-state index contributed by atoms with van der Waals surface area (Å²) >= 11 is 0.446. The standard InChI is InChI=1S/C16H16F2N2OS/c1-11-4-2-5-12(8-11)10-19-16(21)20-13-6-3-7-14(9-13)22-15(17)18/h2-9,15H,10H2,1H3,(H2,19,20,21). The van der Waals surface area contributed by atoms with Crippen molar-refractivity contribution < 1.29 is 13.6 Å². The zero-order valence-corrected chi connectivity index (χ0v) is 12.8. The van der Waals surface area contributed by atoms with Crippen molar-refractivity contribution in [3.05, 3.63) is 59.7 Å². The summed E-state index contributed by atoms with van der Waals surface area (Å²) < 4.78 is 24.6. The molecule has 2 amide bonds. The first-order valence-corrected chi connectivity index (χ1v) is 7.56. The Morgan fingerprint density at radius 3 is 2.68 bits per heavy atom. The number of halogens is 2. The van der Waals surface area contributed by atoms with Crippen molar-refractivity contribution in [2.75, 3.05) is 5.32 Å². The highest BCUT2D eigenvalue weighted by Crippen LogP contribution is 2.27. The summed E-state index contributed by atoms with van der Waals surface area (Å²) in [5.41, 5.74) is 2.60. The van der Waals surface area contributed by atoms with Crippen LogP contribution in [0.4, 0.5) is 19.3 Å². The van der Waals surface area contributed by atoms with Gasteiger partial charge in [-0.25, -0.2) is 4.79 Å². The molecule has 0 atom stereocenters. The Balaban J connectivity index is 1.89. The number of alkyl halides is 2. The summed E-state index contributed by atoms with van der Waals surface area (Å²) in [6.07, 6.45) is 0. The number of rotatable bonds is 5. The lowest BCUT2D eigenvalue weighted by Crippen LogP contribution is -2.28. The molecular weight excluding hydrogens is 306 g/mol. The predicted octanol–water partition coefficient (Wildman–Crippen LogP) is 4.63. The van der Waals surface area contributed by atoms with Crippen molar-refractivity contribution >= 4 is 23.5 Å². The second kappa shape index (κ2) is 7.79. The van der Waals surface area contributed by atoms with E-state index in [0.29, 0.717) is 28.9 Å². The van der Waals surface area contributed by atoms with E-state index in [9.17, 15) is 13.6 Å². The fourth-order valence-corrected chi connectivity index (χ4v) is 2.49. The number of anilines is 1. The van der Waals surface area contributed by atoms with Crippen LogP contribution in [0.25, 0.3) is 0 Å². The largest absolute Gasteiger partial charge is 0.334 e. The second-order valence-corrected chi connectivity index (χ2v) is 5.77. The van der Waals surface area contributed by atoms with Crippen LogP contribution in [0.3, 0.4) is 0 Å². The monoisotopic (exact) mass is 322 g/mol. The van der Waals surface area contributed by atoms with Crippen molar-refractivity contribution in [1.82, 2.24) is 5.32 Å². The molecule has 0 radical (unpaired) electrons. The molecule has 22 heavy (non-hydrogen) atoms. The summed E-state index contributed by atoms with van der Waals surface area (Å²) in [6.45, 7) is 2.38. The number of carbonyl (C=O) groups excluding carboxylic acids is 1. The van der Waals surface area contributed by atoms with Crippen molar-refractivity contribution in [3.8, 4) is 0 Å². The van der Waals surface area contributed by atoms with E-state index in [2.05, 4.69) is 10.6 Å². The van der Waals surface area contributed by atoms with Gasteiger partial charge in [-0.2, -0.15) is 8.78 Å². The highest BCUT2D eigenvalue weighted by Gasteiger charge is 2.07. The topological polar surface area (TPSA) is 41.1 Å². The van der Waals surface area contributed by atoms with Crippen LogP contribution in [0.1, 0.15) is 11.1 Å². The Bertz CT molecular complexity index is 650. The van der Waals surface area contributed by atoms with Crippen molar-refractivity contribution in [3.63, 3.8) is 0 Å². The molecule has 2 aromatic rings. The van der Waals surface area contributed by atoms with E-state index in [1.807, 2.05) is 31.2 Å². The number of hydrogen-bond donors (Lipinski definition) is 2. The van der Waals surface area contributed by atoms with E-state index in [1.54, 1.807) is 18.2 Å². The molecule has 0 aliphatic carbocycles. The van der Waals surface area contributed by atoms with Crippen LogP contribution in [0.15, 0.2) is 53.4 Å². The van der Waals surface area contributed by atoms with Crippen LogP contribution in [0, 0.1) is 6.92 Å².